The second-order valence-electron chi connectivity index (χ2n) is 6.39. The SMILES string of the molecule is CNCc1ccc(N2CCN(CC(C)(C)O)CC2)c(F)c1. The Hall–Kier alpha value is -1.17. The van der Waals surface area contributed by atoms with Gasteiger partial charge in [-0.25, -0.2) is 4.39 Å². The normalized spacial score (nSPS) is 17.3. The van der Waals surface area contributed by atoms with Gasteiger partial charge in [0.2, 0.25) is 0 Å². The van der Waals surface area contributed by atoms with Crippen LogP contribution in [-0.4, -0.2) is 55.4 Å². The van der Waals surface area contributed by atoms with Crippen LogP contribution in [0.15, 0.2) is 18.2 Å². The molecule has 1 aromatic rings. The lowest BCUT2D eigenvalue weighted by Gasteiger charge is -2.38. The van der Waals surface area contributed by atoms with E-state index in [-0.39, 0.29) is 5.82 Å². The molecule has 0 bridgehead atoms. The lowest BCUT2D eigenvalue weighted by Crippen LogP contribution is -2.50. The lowest BCUT2D eigenvalue weighted by molar-refractivity contribution is 0.0344. The Balaban J connectivity index is 1.96. The van der Waals surface area contributed by atoms with Crippen molar-refractivity contribution >= 4 is 5.69 Å². The van der Waals surface area contributed by atoms with Gasteiger partial charge in [0.25, 0.3) is 0 Å². The van der Waals surface area contributed by atoms with Crippen molar-refractivity contribution < 1.29 is 9.50 Å². The zero-order valence-corrected chi connectivity index (χ0v) is 13.2. The summed E-state index contributed by atoms with van der Waals surface area (Å²) in [7, 11) is 1.85. The number of hydrogen-bond donors (Lipinski definition) is 2. The number of hydrogen-bond acceptors (Lipinski definition) is 4. The number of rotatable bonds is 5. The molecule has 4 nitrogen and oxygen atoms in total. The first kappa shape index (κ1) is 16.2. The predicted octanol–water partition coefficient (Wildman–Crippen LogP) is 1.44. The van der Waals surface area contributed by atoms with Crippen molar-refractivity contribution in [2.45, 2.75) is 26.0 Å². The fourth-order valence-electron chi connectivity index (χ4n) is 2.82. The molecule has 0 atom stereocenters. The van der Waals surface area contributed by atoms with Crippen molar-refractivity contribution in [3.8, 4) is 0 Å². The van der Waals surface area contributed by atoms with Crippen LogP contribution in [0.25, 0.3) is 0 Å². The van der Waals surface area contributed by atoms with Gasteiger partial charge in [-0.1, -0.05) is 6.07 Å². The first-order chi connectivity index (χ1) is 9.89. The van der Waals surface area contributed by atoms with Crippen molar-refractivity contribution in [2.75, 3.05) is 44.7 Å². The van der Waals surface area contributed by atoms with E-state index >= 15 is 0 Å². The van der Waals surface area contributed by atoms with Gasteiger partial charge < -0.3 is 15.3 Å². The average molecular weight is 295 g/mol. The maximum Gasteiger partial charge on any atom is 0.146 e. The van der Waals surface area contributed by atoms with E-state index in [9.17, 15) is 9.50 Å². The predicted molar refractivity (Wildman–Crippen MR) is 84.1 cm³/mol. The monoisotopic (exact) mass is 295 g/mol. The van der Waals surface area contributed by atoms with E-state index in [2.05, 4.69) is 15.1 Å². The van der Waals surface area contributed by atoms with E-state index in [1.165, 1.54) is 0 Å². The number of anilines is 1. The molecule has 21 heavy (non-hydrogen) atoms. The summed E-state index contributed by atoms with van der Waals surface area (Å²) >= 11 is 0. The summed E-state index contributed by atoms with van der Waals surface area (Å²) < 4.78 is 14.2. The van der Waals surface area contributed by atoms with Crippen molar-refractivity contribution in [1.82, 2.24) is 10.2 Å². The van der Waals surface area contributed by atoms with E-state index in [1.54, 1.807) is 6.07 Å². The Morgan fingerprint density at radius 3 is 2.43 bits per heavy atom. The van der Waals surface area contributed by atoms with Crippen LogP contribution in [0.5, 0.6) is 0 Å². The minimum Gasteiger partial charge on any atom is -0.389 e. The van der Waals surface area contributed by atoms with Gasteiger partial charge in [-0.3, -0.25) is 4.90 Å². The highest BCUT2D eigenvalue weighted by molar-refractivity contribution is 5.49. The molecule has 0 amide bonds. The van der Waals surface area contributed by atoms with Gasteiger partial charge in [0, 0.05) is 39.3 Å². The van der Waals surface area contributed by atoms with E-state index < -0.39 is 5.60 Å². The van der Waals surface area contributed by atoms with Gasteiger partial charge in [-0.2, -0.15) is 0 Å². The van der Waals surface area contributed by atoms with Crippen LogP contribution in [0.4, 0.5) is 10.1 Å². The van der Waals surface area contributed by atoms with Crippen LogP contribution in [0.3, 0.4) is 0 Å². The number of nitrogens with zero attached hydrogens (tertiary/aromatic N) is 2. The van der Waals surface area contributed by atoms with E-state index in [1.807, 2.05) is 33.0 Å². The number of β-amino-alcohol motifs (C(OH)–C–C–N with tert-alkyl or cyclic N) is 1. The Morgan fingerprint density at radius 1 is 1.24 bits per heavy atom. The third-order valence-electron chi connectivity index (χ3n) is 3.72. The molecule has 1 fully saturated rings. The first-order valence-electron chi connectivity index (χ1n) is 7.52. The molecule has 0 saturated carbocycles. The summed E-state index contributed by atoms with van der Waals surface area (Å²) in [6, 6.07) is 5.45. The number of benzene rings is 1. The van der Waals surface area contributed by atoms with Gasteiger partial charge in [-0.15, -0.1) is 0 Å². The summed E-state index contributed by atoms with van der Waals surface area (Å²) in [6.07, 6.45) is 0. The van der Waals surface area contributed by atoms with Crippen LogP contribution in [0.1, 0.15) is 19.4 Å². The average Bonchev–Trinajstić information content (AvgIpc) is 2.39. The summed E-state index contributed by atoms with van der Waals surface area (Å²) in [6.45, 7) is 8.25. The van der Waals surface area contributed by atoms with Crippen molar-refractivity contribution in [1.29, 1.82) is 0 Å². The molecular weight excluding hydrogens is 269 g/mol. The third-order valence-corrected chi connectivity index (χ3v) is 3.72. The zero-order valence-electron chi connectivity index (χ0n) is 13.2. The van der Waals surface area contributed by atoms with Gasteiger partial charge in [0.05, 0.1) is 11.3 Å². The number of nitrogens with one attached hydrogen (secondary N) is 1. The maximum atomic E-state index is 14.2. The molecule has 1 aliphatic rings. The molecule has 0 unspecified atom stereocenters. The zero-order chi connectivity index (χ0) is 15.5. The summed E-state index contributed by atoms with van der Waals surface area (Å²) in [5, 5.41) is 12.9. The molecule has 5 heteroatoms. The van der Waals surface area contributed by atoms with Crippen molar-refractivity contribution in [3.05, 3.63) is 29.6 Å². The molecule has 0 aliphatic carbocycles. The second-order valence-corrected chi connectivity index (χ2v) is 6.39. The summed E-state index contributed by atoms with van der Waals surface area (Å²) in [4.78, 5) is 4.31. The Morgan fingerprint density at radius 2 is 1.90 bits per heavy atom. The van der Waals surface area contributed by atoms with Crippen LogP contribution in [0, 0.1) is 5.82 Å². The molecule has 1 saturated heterocycles. The van der Waals surface area contributed by atoms with E-state index in [0.717, 1.165) is 31.7 Å². The van der Waals surface area contributed by atoms with Gasteiger partial charge in [-0.05, 0) is 38.6 Å². The topological polar surface area (TPSA) is 38.7 Å². The fourth-order valence-corrected chi connectivity index (χ4v) is 2.82. The summed E-state index contributed by atoms with van der Waals surface area (Å²) in [5.74, 6) is -0.154. The molecule has 2 rings (SSSR count). The Labute approximate surface area is 126 Å². The Kier molecular flexibility index (Phi) is 5.19. The molecular formula is C16H26FN3O. The minimum atomic E-state index is -0.678. The number of aliphatic hydroxyl groups is 1. The number of halogens is 1. The quantitative estimate of drug-likeness (QED) is 0.862. The second kappa shape index (κ2) is 6.73. The van der Waals surface area contributed by atoms with Gasteiger partial charge in [0.1, 0.15) is 5.82 Å². The maximum absolute atomic E-state index is 14.2. The smallest absolute Gasteiger partial charge is 0.146 e. The largest absolute Gasteiger partial charge is 0.389 e. The molecule has 2 N–H and O–H groups in total. The van der Waals surface area contributed by atoms with Crippen LogP contribution >= 0.6 is 0 Å². The van der Waals surface area contributed by atoms with Crippen molar-refractivity contribution in [3.63, 3.8) is 0 Å². The highest BCUT2D eigenvalue weighted by atomic mass is 19.1. The molecule has 0 aromatic heterocycles. The van der Waals surface area contributed by atoms with Crippen LogP contribution in [0.2, 0.25) is 0 Å². The van der Waals surface area contributed by atoms with Crippen LogP contribution in [-0.2, 0) is 6.54 Å². The molecule has 0 spiro atoms. The molecule has 118 valence electrons. The van der Waals surface area contributed by atoms with E-state index in [0.29, 0.717) is 18.8 Å². The van der Waals surface area contributed by atoms with Gasteiger partial charge >= 0.3 is 0 Å². The highest BCUT2D eigenvalue weighted by Crippen LogP contribution is 2.22. The lowest BCUT2D eigenvalue weighted by atomic mass is 10.1. The molecule has 0 radical (unpaired) electrons. The summed E-state index contributed by atoms with van der Waals surface area (Å²) in [5.41, 5.74) is 0.958. The van der Waals surface area contributed by atoms with E-state index in [4.69, 9.17) is 0 Å². The Bertz CT molecular complexity index is 465. The minimum absolute atomic E-state index is 0.154. The highest BCUT2D eigenvalue weighted by Gasteiger charge is 2.23. The van der Waals surface area contributed by atoms with Gasteiger partial charge in [0.15, 0.2) is 0 Å². The third kappa shape index (κ3) is 4.66. The fraction of sp³-hybridized carbons (Fsp3) is 0.625. The van der Waals surface area contributed by atoms with Crippen LogP contribution < -0.4 is 10.2 Å². The molecule has 1 aliphatic heterocycles. The standard InChI is InChI=1S/C16H26FN3O/c1-16(2,21)12-19-6-8-20(9-7-19)15-5-4-13(11-18-3)10-14(15)17/h4-5,10,18,21H,6-9,11-12H2,1-3H3. The first-order valence-corrected chi connectivity index (χ1v) is 7.52. The molecule has 1 heterocycles. The van der Waals surface area contributed by atoms with Crippen molar-refractivity contribution in [2.24, 2.45) is 0 Å². The molecule has 1 aromatic carbocycles. The number of piperazine rings is 1.